The number of rotatable bonds is 2. The van der Waals surface area contributed by atoms with Crippen LogP contribution in [-0.4, -0.2) is 36.6 Å². The molecule has 1 aromatic heterocycles. The number of Topliss-reactive ketones (excluding diaryl/α,β-unsaturated/α-hetero) is 1. The van der Waals surface area contributed by atoms with Crippen LogP contribution in [-0.2, 0) is 16.0 Å². The van der Waals surface area contributed by atoms with Crippen molar-refractivity contribution in [3.05, 3.63) is 29.6 Å². The van der Waals surface area contributed by atoms with Gasteiger partial charge in [0.2, 0.25) is 0 Å². The lowest BCUT2D eigenvalue weighted by Crippen LogP contribution is -2.48. The summed E-state index contributed by atoms with van der Waals surface area (Å²) >= 11 is 0. The van der Waals surface area contributed by atoms with E-state index in [-0.39, 0.29) is 17.7 Å². The molecule has 4 nitrogen and oxygen atoms in total. The average Bonchev–Trinajstić information content (AvgIpc) is 2.83. The fraction of sp³-hybridized carbons (Fsp3) is 0.538. The van der Waals surface area contributed by atoms with Crippen molar-refractivity contribution in [1.29, 1.82) is 0 Å². The highest BCUT2D eigenvalue weighted by molar-refractivity contribution is 5.91. The van der Waals surface area contributed by atoms with Crippen LogP contribution >= 0.6 is 0 Å². The number of hydrogen-bond acceptors (Lipinski definition) is 4. The Morgan fingerprint density at radius 3 is 3.29 bits per heavy atom. The van der Waals surface area contributed by atoms with E-state index in [1.165, 1.54) is 5.56 Å². The summed E-state index contributed by atoms with van der Waals surface area (Å²) in [6.45, 7) is 1.96. The van der Waals surface area contributed by atoms with Crippen molar-refractivity contribution in [2.45, 2.75) is 24.8 Å². The molecule has 2 atom stereocenters. The lowest BCUT2D eigenvalue weighted by molar-refractivity contribution is -0.125. The topological polar surface area (TPSA) is 51.2 Å². The van der Waals surface area contributed by atoms with Crippen LogP contribution < -0.4 is 5.32 Å². The zero-order valence-corrected chi connectivity index (χ0v) is 9.69. The van der Waals surface area contributed by atoms with Crippen LogP contribution in [0.3, 0.4) is 0 Å². The minimum atomic E-state index is -0.151. The molecule has 1 N–H and O–H groups in total. The first-order chi connectivity index (χ1) is 8.36. The molecule has 3 rings (SSSR count). The number of pyridine rings is 1. The average molecular weight is 232 g/mol. The molecule has 0 bridgehead atoms. The lowest BCUT2D eigenvalue weighted by atomic mass is 9.95. The first-order valence-electron chi connectivity index (χ1n) is 6.15. The third-order valence-electron chi connectivity index (χ3n) is 3.57. The number of nitrogens with one attached hydrogen (secondary N) is 1. The highest BCUT2D eigenvalue weighted by Gasteiger charge is 2.34. The molecule has 0 amide bonds. The molecule has 90 valence electrons. The van der Waals surface area contributed by atoms with Crippen molar-refractivity contribution in [2.24, 2.45) is 0 Å². The standard InChI is InChI=1S/C13H16N2O2/c16-13(11-8-17-7-6-14-11)10-4-3-9-2-1-5-15-12(9)10/h1-2,5,10-11,14H,3-4,6-8H2. The van der Waals surface area contributed by atoms with Crippen molar-refractivity contribution in [1.82, 2.24) is 10.3 Å². The van der Waals surface area contributed by atoms with Crippen molar-refractivity contribution in [3.63, 3.8) is 0 Å². The highest BCUT2D eigenvalue weighted by atomic mass is 16.5. The first-order valence-corrected chi connectivity index (χ1v) is 6.15. The molecule has 0 spiro atoms. The number of nitrogens with zero attached hydrogens (tertiary/aromatic N) is 1. The maximum Gasteiger partial charge on any atom is 0.161 e. The number of carbonyl (C=O) groups is 1. The third-order valence-corrected chi connectivity index (χ3v) is 3.57. The van der Waals surface area contributed by atoms with E-state index in [0.717, 1.165) is 25.1 Å². The second-order valence-electron chi connectivity index (χ2n) is 4.62. The second-order valence-corrected chi connectivity index (χ2v) is 4.62. The number of aromatic nitrogens is 1. The molecule has 0 radical (unpaired) electrons. The zero-order valence-electron chi connectivity index (χ0n) is 9.69. The fourth-order valence-electron chi connectivity index (χ4n) is 2.68. The lowest BCUT2D eigenvalue weighted by Gasteiger charge is -2.25. The summed E-state index contributed by atoms with van der Waals surface area (Å²) in [4.78, 5) is 16.7. The van der Waals surface area contributed by atoms with Crippen molar-refractivity contribution < 1.29 is 9.53 Å². The second kappa shape index (κ2) is 4.55. The van der Waals surface area contributed by atoms with Crippen LogP contribution in [0.5, 0.6) is 0 Å². The summed E-state index contributed by atoms with van der Waals surface area (Å²) in [5.74, 6) is 0.201. The number of carbonyl (C=O) groups excluding carboxylic acids is 1. The van der Waals surface area contributed by atoms with Crippen LogP contribution in [0.25, 0.3) is 0 Å². The molecule has 1 aromatic rings. The smallest absolute Gasteiger partial charge is 0.161 e. The van der Waals surface area contributed by atoms with E-state index in [1.54, 1.807) is 6.20 Å². The molecule has 0 aromatic carbocycles. The number of aryl methyl sites for hydroxylation is 1. The molecule has 4 heteroatoms. The maximum absolute atomic E-state index is 12.4. The number of ether oxygens (including phenoxy) is 1. The minimum absolute atomic E-state index is 0.0367. The zero-order chi connectivity index (χ0) is 11.7. The fourth-order valence-corrected chi connectivity index (χ4v) is 2.68. The van der Waals surface area contributed by atoms with E-state index < -0.39 is 0 Å². The molecular weight excluding hydrogens is 216 g/mol. The van der Waals surface area contributed by atoms with E-state index in [1.807, 2.05) is 6.07 Å². The predicted octanol–water partition coefficient (Wildman–Crippen LogP) is 0.669. The number of fused-ring (bicyclic) bond motifs is 1. The number of ketones is 1. The van der Waals surface area contributed by atoms with Gasteiger partial charge < -0.3 is 10.1 Å². The Morgan fingerprint density at radius 2 is 2.47 bits per heavy atom. The Morgan fingerprint density at radius 1 is 1.53 bits per heavy atom. The summed E-state index contributed by atoms with van der Waals surface area (Å²) < 4.78 is 5.35. The normalized spacial score (nSPS) is 27.8. The van der Waals surface area contributed by atoms with Gasteiger partial charge in [-0.25, -0.2) is 0 Å². The first kappa shape index (κ1) is 10.9. The van der Waals surface area contributed by atoms with E-state index >= 15 is 0 Å². The Bertz CT molecular complexity index is 427. The highest BCUT2D eigenvalue weighted by Crippen LogP contribution is 2.32. The van der Waals surface area contributed by atoms with E-state index in [4.69, 9.17) is 4.74 Å². The summed E-state index contributed by atoms with van der Waals surface area (Å²) in [5.41, 5.74) is 2.20. The van der Waals surface area contributed by atoms with Gasteiger partial charge in [-0.05, 0) is 24.5 Å². The SMILES string of the molecule is O=C(C1COCCN1)C1CCc2cccnc21. The Kier molecular flexibility index (Phi) is 2.91. The molecule has 2 unspecified atom stereocenters. The molecular formula is C13H16N2O2. The maximum atomic E-state index is 12.4. The monoisotopic (exact) mass is 232 g/mol. The molecule has 2 aliphatic rings. The third kappa shape index (κ3) is 1.98. The van der Waals surface area contributed by atoms with Crippen molar-refractivity contribution in [2.75, 3.05) is 19.8 Å². The Balaban J connectivity index is 1.79. The van der Waals surface area contributed by atoms with Crippen LogP contribution in [0.1, 0.15) is 23.6 Å². The van der Waals surface area contributed by atoms with Gasteiger partial charge in [0.05, 0.1) is 30.9 Å². The number of hydrogen-bond donors (Lipinski definition) is 1. The van der Waals surface area contributed by atoms with Gasteiger partial charge in [-0.3, -0.25) is 9.78 Å². The Labute approximate surface area is 100 Å². The van der Waals surface area contributed by atoms with E-state index in [9.17, 15) is 4.79 Å². The van der Waals surface area contributed by atoms with Crippen LogP contribution in [0.4, 0.5) is 0 Å². The van der Waals surface area contributed by atoms with E-state index in [0.29, 0.717) is 13.2 Å². The van der Waals surface area contributed by atoms with Gasteiger partial charge >= 0.3 is 0 Å². The van der Waals surface area contributed by atoms with Gasteiger partial charge in [0.25, 0.3) is 0 Å². The largest absolute Gasteiger partial charge is 0.378 e. The number of morpholine rings is 1. The summed E-state index contributed by atoms with van der Waals surface area (Å²) in [5, 5.41) is 3.22. The van der Waals surface area contributed by atoms with Gasteiger partial charge in [0.15, 0.2) is 5.78 Å². The molecule has 1 fully saturated rings. The molecule has 1 aliphatic carbocycles. The molecule has 1 saturated heterocycles. The predicted molar refractivity (Wildman–Crippen MR) is 62.9 cm³/mol. The summed E-state index contributed by atoms with van der Waals surface area (Å²) in [7, 11) is 0. The van der Waals surface area contributed by atoms with E-state index in [2.05, 4.69) is 16.4 Å². The molecule has 1 aliphatic heterocycles. The van der Waals surface area contributed by atoms with Gasteiger partial charge in [0, 0.05) is 12.7 Å². The molecule has 17 heavy (non-hydrogen) atoms. The summed E-state index contributed by atoms with van der Waals surface area (Å²) in [6.07, 6.45) is 3.63. The minimum Gasteiger partial charge on any atom is -0.378 e. The van der Waals surface area contributed by atoms with Crippen LogP contribution in [0, 0.1) is 0 Å². The molecule has 2 heterocycles. The van der Waals surface area contributed by atoms with Crippen LogP contribution in [0.2, 0.25) is 0 Å². The van der Waals surface area contributed by atoms with Gasteiger partial charge in [-0.1, -0.05) is 6.07 Å². The quantitative estimate of drug-likeness (QED) is 0.814. The van der Waals surface area contributed by atoms with Crippen LogP contribution in [0.15, 0.2) is 18.3 Å². The van der Waals surface area contributed by atoms with Crippen molar-refractivity contribution in [3.8, 4) is 0 Å². The van der Waals surface area contributed by atoms with Gasteiger partial charge in [-0.2, -0.15) is 0 Å². The Hall–Kier alpha value is -1.26. The van der Waals surface area contributed by atoms with Gasteiger partial charge in [-0.15, -0.1) is 0 Å². The molecule has 0 saturated carbocycles. The van der Waals surface area contributed by atoms with Gasteiger partial charge in [0.1, 0.15) is 0 Å². The summed E-state index contributed by atoms with van der Waals surface area (Å²) in [6, 6.07) is 3.86. The van der Waals surface area contributed by atoms with Crippen molar-refractivity contribution >= 4 is 5.78 Å².